The molecule has 0 aromatic carbocycles. The van der Waals surface area contributed by atoms with Gasteiger partial charge in [-0.2, -0.15) is 5.10 Å². The molecule has 0 spiro atoms. The van der Waals surface area contributed by atoms with Gasteiger partial charge in [0.1, 0.15) is 0 Å². The average molecular weight is 328 g/mol. The first-order valence-corrected chi connectivity index (χ1v) is 8.72. The summed E-state index contributed by atoms with van der Waals surface area (Å²) in [5.74, 6) is 1.48. The van der Waals surface area contributed by atoms with Crippen molar-refractivity contribution in [3.05, 3.63) is 29.3 Å². The first kappa shape index (κ1) is 15.4. The number of aromatic amines is 1. The molecule has 1 fully saturated rings. The molecular weight excluding hydrogens is 304 g/mol. The van der Waals surface area contributed by atoms with Crippen LogP contribution in [0.2, 0.25) is 0 Å². The van der Waals surface area contributed by atoms with Crippen molar-refractivity contribution in [2.24, 2.45) is 0 Å². The Morgan fingerprint density at radius 2 is 1.83 bits per heavy atom. The largest absolute Gasteiger partial charge is 0.494 e. The third kappa shape index (κ3) is 3.08. The molecule has 3 heterocycles. The molecular formula is C17H24N6O. The van der Waals surface area contributed by atoms with Crippen LogP contribution in [0, 0.1) is 0 Å². The summed E-state index contributed by atoms with van der Waals surface area (Å²) < 4.78 is 5.12. The number of fused-ring (bicyclic) bond motifs is 1. The highest BCUT2D eigenvalue weighted by Crippen LogP contribution is 2.23. The number of hydrogen-bond donors (Lipinski definition) is 1. The first-order valence-electron chi connectivity index (χ1n) is 8.72. The van der Waals surface area contributed by atoms with E-state index >= 15 is 0 Å². The second kappa shape index (κ2) is 6.76. The highest BCUT2D eigenvalue weighted by atomic mass is 16.5. The van der Waals surface area contributed by atoms with Crippen LogP contribution in [0.25, 0.3) is 0 Å². The lowest BCUT2D eigenvalue weighted by Crippen LogP contribution is -2.46. The molecule has 128 valence electrons. The number of rotatable bonds is 4. The van der Waals surface area contributed by atoms with Crippen LogP contribution in [0.3, 0.4) is 0 Å². The number of piperazine rings is 1. The van der Waals surface area contributed by atoms with Crippen LogP contribution in [-0.4, -0.2) is 58.4 Å². The summed E-state index contributed by atoms with van der Waals surface area (Å²) in [6, 6.07) is 0. The second-order valence-corrected chi connectivity index (χ2v) is 6.52. The summed E-state index contributed by atoms with van der Waals surface area (Å²) in [5.41, 5.74) is 4.09. The van der Waals surface area contributed by atoms with Crippen LogP contribution in [-0.2, 0) is 19.4 Å². The Balaban J connectivity index is 1.35. The lowest BCUT2D eigenvalue weighted by Gasteiger charge is -2.34. The van der Waals surface area contributed by atoms with Crippen LogP contribution >= 0.6 is 0 Å². The molecule has 0 unspecified atom stereocenters. The van der Waals surface area contributed by atoms with Crippen LogP contribution in [0.1, 0.15) is 29.8 Å². The SMILES string of the molecule is COc1cnc(N2CCN(Cc3n[nH]c4c3CCCC4)CC2)nc1. The van der Waals surface area contributed by atoms with Crippen molar-refractivity contribution < 1.29 is 4.74 Å². The Morgan fingerprint density at radius 3 is 2.58 bits per heavy atom. The molecule has 4 rings (SSSR count). The maximum Gasteiger partial charge on any atom is 0.225 e. The third-order valence-corrected chi connectivity index (χ3v) is 5.02. The Morgan fingerprint density at radius 1 is 1.08 bits per heavy atom. The van der Waals surface area contributed by atoms with E-state index < -0.39 is 0 Å². The molecule has 0 saturated carbocycles. The van der Waals surface area contributed by atoms with E-state index in [1.54, 1.807) is 19.5 Å². The van der Waals surface area contributed by atoms with Gasteiger partial charge in [-0.3, -0.25) is 10.00 Å². The quantitative estimate of drug-likeness (QED) is 0.915. The molecule has 2 aromatic rings. The van der Waals surface area contributed by atoms with Crippen LogP contribution in [0.15, 0.2) is 12.4 Å². The number of anilines is 1. The smallest absolute Gasteiger partial charge is 0.225 e. The maximum absolute atomic E-state index is 5.12. The van der Waals surface area contributed by atoms with Gasteiger partial charge in [-0.1, -0.05) is 0 Å². The maximum atomic E-state index is 5.12. The summed E-state index contributed by atoms with van der Waals surface area (Å²) in [6.07, 6.45) is 8.37. The lowest BCUT2D eigenvalue weighted by atomic mass is 9.96. The van der Waals surface area contributed by atoms with E-state index in [-0.39, 0.29) is 0 Å². The van der Waals surface area contributed by atoms with E-state index in [1.807, 2.05) is 0 Å². The highest BCUT2D eigenvalue weighted by Gasteiger charge is 2.22. The number of methoxy groups -OCH3 is 1. The van der Waals surface area contributed by atoms with Gasteiger partial charge in [0.05, 0.1) is 25.2 Å². The zero-order valence-electron chi connectivity index (χ0n) is 14.2. The summed E-state index contributed by atoms with van der Waals surface area (Å²) in [7, 11) is 1.63. The molecule has 2 aliphatic rings. The molecule has 0 bridgehead atoms. The molecule has 24 heavy (non-hydrogen) atoms. The fraction of sp³-hybridized carbons (Fsp3) is 0.588. The predicted octanol–water partition coefficient (Wildman–Crippen LogP) is 1.41. The summed E-state index contributed by atoms with van der Waals surface area (Å²) in [6.45, 7) is 4.86. The monoisotopic (exact) mass is 328 g/mol. The second-order valence-electron chi connectivity index (χ2n) is 6.52. The summed E-state index contributed by atoms with van der Waals surface area (Å²) in [5, 5.41) is 7.81. The Labute approximate surface area is 142 Å². The van der Waals surface area contributed by atoms with Gasteiger partial charge < -0.3 is 9.64 Å². The van der Waals surface area contributed by atoms with Gasteiger partial charge in [0.2, 0.25) is 5.95 Å². The first-order chi connectivity index (χ1) is 11.8. The Kier molecular flexibility index (Phi) is 4.34. The Bertz CT molecular complexity index is 675. The lowest BCUT2D eigenvalue weighted by molar-refractivity contribution is 0.245. The van der Waals surface area contributed by atoms with Gasteiger partial charge in [0.25, 0.3) is 0 Å². The molecule has 7 nitrogen and oxygen atoms in total. The van der Waals surface area contributed by atoms with Gasteiger partial charge in [-0.25, -0.2) is 9.97 Å². The number of hydrogen-bond acceptors (Lipinski definition) is 6. The third-order valence-electron chi connectivity index (χ3n) is 5.02. The minimum Gasteiger partial charge on any atom is -0.494 e. The molecule has 0 radical (unpaired) electrons. The fourth-order valence-corrected chi connectivity index (χ4v) is 3.58. The highest BCUT2D eigenvalue weighted by molar-refractivity contribution is 5.32. The van der Waals surface area contributed by atoms with Crippen LogP contribution in [0.5, 0.6) is 5.75 Å². The van der Waals surface area contributed by atoms with E-state index in [9.17, 15) is 0 Å². The van der Waals surface area contributed by atoms with Crippen molar-refractivity contribution in [1.29, 1.82) is 0 Å². The van der Waals surface area contributed by atoms with Gasteiger partial charge in [0.15, 0.2) is 5.75 Å². The van der Waals surface area contributed by atoms with Crippen molar-refractivity contribution in [3.8, 4) is 5.75 Å². The zero-order chi connectivity index (χ0) is 16.4. The molecule has 0 amide bonds. The molecule has 7 heteroatoms. The van der Waals surface area contributed by atoms with E-state index in [4.69, 9.17) is 4.74 Å². The molecule has 0 atom stereocenters. The number of aryl methyl sites for hydroxylation is 1. The topological polar surface area (TPSA) is 70.2 Å². The number of ether oxygens (including phenoxy) is 1. The minimum absolute atomic E-state index is 0.695. The van der Waals surface area contributed by atoms with Gasteiger partial charge in [0, 0.05) is 38.4 Å². The van der Waals surface area contributed by atoms with E-state index in [0.717, 1.165) is 45.1 Å². The van der Waals surface area contributed by atoms with Crippen molar-refractivity contribution >= 4 is 5.95 Å². The summed E-state index contributed by atoms with van der Waals surface area (Å²) in [4.78, 5) is 13.5. The molecule has 2 aromatic heterocycles. The van der Waals surface area contributed by atoms with Crippen LogP contribution in [0.4, 0.5) is 5.95 Å². The van der Waals surface area contributed by atoms with Gasteiger partial charge >= 0.3 is 0 Å². The van der Waals surface area contributed by atoms with Gasteiger partial charge in [-0.15, -0.1) is 0 Å². The molecule has 1 aliphatic carbocycles. The fourth-order valence-electron chi connectivity index (χ4n) is 3.58. The van der Waals surface area contributed by atoms with Gasteiger partial charge in [-0.05, 0) is 31.2 Å². The summed E-state index contributed by atoms with van der Waals surface area (Å²) >= 11 is 0. The average Bonchev–Trinajstić information content (AvgIpc) is 3.06. The zero-order valence-corrected chi connectivity index (χ0v) is 14.2. The van der Waals surface area contributed by atoms with Crippen molar-refractivity contribution in [2.45, 2.75) is 32.2 Å². The van der Waals surface area contributed by atoms with E-state index in [1.165, 1.54) is 36.2 Å². The number of aromatic nitrogens is 4. The minimum atomic E-state index is 0.695. The van der Waals surface area contributed by atoms with Crippen molar-refractivity contribution in [1.82, 2.24) is 25.1 Å². The number of nitrogens with one attached hydrogen (secondary N) is 1. The van der Waals surface area contributed by atoms with Crippen molar-refractivity contribution in [3.63, 3.8) is 0 Å². The van der Waals surface area contributed by atoms with E-state index in [2.05, 4.69) is 30.0 Å². The number of nitrogens with zero attached hydrogens (tertiary/aromatic N) is 5. The standard InChI is InChI=1S/C17H24N6O/c1-24-13-10-18-17(19-11-13)23-8-6-22(7-9-23)12-16-14-4-2-3-5-15(14)20-21-16/h10-11H,2-9,12H2,1H3,(H,20,21). The Hall–Kier alpha value is -2.15. The normalized spacial score (nSPS) is 18.5. The molecule has 1 saturated heterocycles. The predicted molar refractivity (Wildman–Crippen MR) is 91.3 cm³/mol. The molecule has 1 N–H and O–H groups in total. The molecule has 1 aliphatic heterocycles. The number of H-pyrrole nitrogens is 1. The van der Waals surface area contributed by atoms with Crippen LogP contribution < -0.4 is 9.64 Å². The van der Waals surface area contributed by atoms with Crippen molar-refractivity contribution in [2.75, 3.05) is 38.2 Å². The van der Waals surface area contributed by atoms with E-state index in [0.29, 0.717) is 5.75 Å².